The van der Waals surface area contributed by atoms with Gasteiger partial charge in [0.05, 0.1) is 18.8 Å². The topological polar surface area (TPSA) is 110 Å². The number of hydrogen-bond donors (Lipinski definition) is 5. The summed E-state index contributed by atoms with van der Waals surface area (Å²) in [4.78, 5) is 12.7. The van der Waals surface area contributed by atoms with Crippen LogP contribution in [0.3, 0.4) is 0 Å². The highest BCUT2D eigenvalue weighted by molar-refractivity contribution is 5.80. The zero-order valence-electron chi connectivity index (χ0n) is 57.2. The molecule has 0 saturated heterocycles. The highest BCUT2D eigenvalue weighted by Crippen LogP contribution is 2.20. The predicted octanol–water partition coefficient (Wildman–Crippen LogP) is 24.4. The molecule has 1 amide bonds. The standard InChI is InChI=1S/C78H153NO5/c1-3-5-7-9-11-13-15-17-19-21-23-25-27-29-31-33-35-36-37-38-39-40-41-42-44-46-48-50-52-54-56-58-60-62-64-66-68-70-72-76(82)78(84)79-74(73-80)77(83)75(81)71-69-67-65-63-61-59-57-55-53-51-49-47-45-43-34-32-30-28-26-24-22-20-18-16-14-12-10-8-6-4-2/h35-36,38-39,74-77,80-83H,3-34,37,40-73H2,1-2H3,(H,79,84)/b36-35-,39-38-. The number of aliphatic hydroxyl groups excluding tert-OH is 4. The number of rotatable bonds is 73. The van der Waals surface area contributed by atoms with E-state index in [-0.39, 0.29) is 0 Å². The molecule has 0 spiro atoms. The second-order valence-corrected chi connectivity index (χ2v) is 27.1. The third-order valence-corrected chi connectivity index (χ3v) is 18.7. The lowest BCUT2D eigenvalue weighted by Gasteiger charge is -2.27. The van der Waals surface area contributed by atoms with Crippen LogP contribution in [0.1, 0.15) is 438 Å². The van der Waals surface area contributed by atoms with Crippen LogP contribution in [0, 0.1) is 0 Å². The Bertz CT molecular complexity index is 1290. The molecule has 5 N–H and O–H groups in total. The summed E-state index contributed by atoms with van der Waals surface area (Å²) in [5, 5.41) is 44.4. The van der Waals surface area contributed by atoms with Crippen molar-refractivity contribution in [1.82, 2.24) is 5.32 Å². The third kappa shape index (κ3) is 65.2. The van der Waals surface area contributed by atoms with Gasteiger partial charge in [-0.2, -0.15) is 0 Å². The molecule has 0 aromatic carbocycles. The summed E-state index contributed by atoms with van der Waals surface area (Å²) in [7, 11) is 0. The molecule has 0 bridgehead atoms. The van der Waals surface area contributed by atoms with E-state index in [9.17, 15) is 25.2 Å². The molecule has 0 heterocycles. The second-order valence-electron chi connectivity index (χ2n) is 27.1. The van der Waals surface area contributed by atoms with Gasteiger partial charge in [-0.05, 0) is 44.9 Å². The lowest BCUT2D eigenvalue weighted by molar-refractivity contribution is -0.132. The quantitative estimate of drug-likeness (QED) is 0.0308. The summed E-state index contributed by atoms with van der Waals surface area (Å²) in [6.07, 6.45) is 93.4. The number of allylic oxidation sites excluding steroid dienone is 4. The number of hydrogen-bond acceptors (Lipinski definition) is 5. The summed E-state index contributed by atoms with van der Waals surface area (Å²) >= 11 is 0. The van der Waals surface area contributed by atoms with E-state index in [4.69, 9.17) is 0 Å². The molecule has 6 nitrogen and oxygen atoms in total. The minimum Gasteiger partial charge on any atom is -0.394 e. The predicted molar refractivity (Wildman–Crippen MR) is 371 cm³/mol. The molecule has 0 aliphatic heterocycles. The van der Waals surface area contributed by atoms with Gasteiger partial charge in [-0.15, -0.1) is 0 Å². The summed E-state index contributed by atoms with van der Waals surface area (Å²) in [6.45, 7) is 4.12. The first-order chi connectivity index (χ1) is 41.5. The van der Waals surface area contributed by atoms with Crippen molar-refractivity contribution in [3.8, 4) is 0 Å². The Kier molecular flexibility index (Phi) is 71.5. The Morgan fingerprint density at radius 1 is 0.298 bits per heavy atom. The molecule has 0 aromatic heterocycles. The van der Waals surface area contributed by atoms with Gasteiger partial charge in [0.2, 0.25) is 5.91 Å². The number of amides is 1. The van der Waals surface area contributed by atoms with Crippen LogP contribution in [0.5, 0.6) is 0 Å². The van der Waals surface area contributed by atoms with Gasteiger partial charge in [-0.1, -0.05) is 417 Å². The molecule has 0 aliphatic rings. The van der Waals surface area contributed by atoms with E-state index in [0.717, 1.165) is 44.9 Å². The molecule has 84 heavy (non-hydrogen) atoms. The average molecular weight is 1190 g/mol. The fraction of sp³-hybridized carbons (Fsp3) is 0.936. The van der Waals surface area contributed by atoms with E-state index in [1.54, 1.807) is 0 Å². The van der Waals surface area contributed by atoms with Crippen LogP contribution in [0.2, 0.25) is 0 Å². The summed E-state index contributed by atoms with van der Waals surface area (Å²) < 4.78 is 0. The maximum atomic E-state index is 12.7. The Morgan fingerprint density at radius 3 is 0.750 bits per heavy atom. The van der Waals surface area contributed by atoms with E-state index in [1.165, 1.54) is 366 Å². The lowest BCUT2D eigenvalue weighted by atomic mass is 9.99. The average Bonchev–Trinajstić information content (AvgIpc) is 3.53. The maximum Gasteiger partial charge on any atom is 0.249 e. The minimum atomic E-state index is -1.26. The number of unbranched alkanes of at least 4 members (excludes halogenated alkanes) is 60. The summed E-state index contributed by atoms with van der Waals surface area (Å²) in [5.74, 6) is -0.575. The number of aliphatic hydroxyl groups is 4. The van der Waals surface area contributed by atoms with Crippen LogP contribution in [-0.4, -0.2) is 57.3 Å². The van der Waals surface area contributed by atoms with Gasteiger partial charge in [0.25, 0.3) is 0 Å². The fourth-order valence-electron chi connectivity index (χ4n) is 12.7. The van der Waals surface area contributed by atoms with Crippen molar-refractivity contribution in [2.75, 3.05) is 6.61 Å². The molecule has 0 fully saturated rings. The van der Waals surface area contributed by atoms with Gasteiger partial charge < -0.3 is 25.7 Å². The number of carbonyl (C=O) groups is 1. The van der Waals surface area contributed by atoms with E-state index >= 15 is 0 Å². The molecule has 0 aromatic rings. The van der Waals surface area contributed by atoms with Crippen molar-refractivity contribution in [2.24, 2.45) is 0 Å². The van der Waals surface area contributed by atoms with Crippen molar-refractivity contribution in [2.45, 2.75) is 462 Å². The highest BCUT2D eigenvalue weighted by Gasteiger charge is 2.29. The highest BCUT2D eigenvalue weighted by atomic mass is 16.3. The molecular formula is C78H153NO5. The first kappa shape index (κ1) is 82.8. The summed E-state index contributed by atoms with van der Waals surface area (Å²) in [6, 6.07) is -0.986. The van der Waals surface area contributed by atoms with Crippen molar-refractivity contribution >= 4 is 5.91 Å². The largest absolute Gasteiger partial charge is 0.394 e. The smallest absolute Gasteiger partial charge is 0.249 e. The van der Waals surface area contributed by atoms with E-state index in [0.29, 0.717) is 12.8 Å². The van der Waals surface area contributed by atoms with Gasteiger partial charge in [-0.25, -0.2) is 0 Å². The fourth-order valence-corrected chi connectivity index (χ4v) is 12.7. The molecule has 0 saturated carbocycles. The van der Waals surface area contributed by atoms with Gasteiger partial charge >= 0.3 is 0 Å². The van der Waals surface area contributed by atoms with Gasteiger partial charge in [0, 0.05) is 0 Å². The second kappa shape index (κ2) is 72.5. The van der Waals surface area contributed by atoms with Crippen molar-refractivity contribution < 1.29 is 25.2 Å². The zero-order valence-corrected chi connectivity index (χ0v) is 57.2. The van der Waals surface area contributed by atoms with Gasteiger partial charge in [0.1, 0.15) is 12.2 Å². The number of nitrogens with one attached hydrogen (secondary N) is 1. The first-order valence-electron chi connectivity index (χ1n) is 38.7. The van der Waals surface area contributed by atoms with Crippen LogP contribution in [0.4, 0.5) is 0 Å². The van der Waals surface area contributed by atoms with E-state index < -0.39 is 36.9 Å². The molecular weight excluding hydrogens is 1030 g/mol. The van der Waals surface area contributed by atoms with Crippen molar-refractivity contribution in [3.63, 3.8) is 0 Å². The van der Waals surface area contributed by atoms with Gasteiger partial charge in [-0.3, -0.25) is 4.79 Å². The van der Waals surface area contributed by atoms with Crippen LogP contribution in [-0.2, 0) is 4.79 Å². The molecule has 0 aliphatic carbocycles. The van der Waals surface area contributed by atoms with Crippen LogP contribution < -0.4 is 5.32 Å². The van der Waals surface area contributed by atoms with Crippen molar-refractivity contribution in [3.05, 3.63) is 24.3 Å². The molecule has 4 unspecified atom stereocenters. The van der Waals surface area contributed by atoms with E-state index in [2.05, 4.69) is 43.5 Å². The van der Waals surface area contributed by atoms with Gasteiger partial charge in [0.15, 0.2) is 0 Å². The Hall–Kier alpha value is -1.21. The molecule has 4 atom stereocenters. The molecule has 6 heteroatoms. The SMILES string of the molecule is CCCCCCCCCCCCCCCCC/C=C\C/C=C\CCCCCCCCCCCCCCCCCCC(O)C(=O)NC(CO)C(O)C(O)CCCCCCCCCCCCCCCCCCCCCCCCCCCCCCCC. The Morgan fingerprint density at radius 2 is 0.512 bits per heavy atom. The van der Waals surface area contributed by atoms with Crippen LogP contribution in [0.25, 0.3) is 0 Å². The Balaban J connectivity index is 3.51. The summed E-state index contributed by atoms with van der Waals surface area (Å²) in [5.41, 5.74) is 0. The number of carbonyl (C=O) groups excluding carboxylic acids is 1. The van der Waals surface area contributed by atoms with Crippen LogP contribution in [0.15, 0.2) is 24.3 Å². The molecule has 0 rings (SSSR count). The molecule has 500 valence electrons. The normalized spacial score (nSPS) is 13.5. The lowest BCUT2D eigenvalue weighted by Crippen LogP contribution is -2.53. The zero-order chi connectivity index (χ0) is 60.8. The minimum absolute atomic E-state index is 0.372. The Labute approximate surface area is 526 Å². The monoisotopic (exact) mass is 1180 g/mol. The molecule has 0 radical (unpaired) electrons. The third-order valence-electron chi connectivity index (χ3n) is 18.7. The van der Waals surface area contributed by atoms with Crippen LogP contribution >= 0.6 is 0 Å². The van der Waals surface area contributed by atoms with E-state index in [1.807, 2.05) is 0 Å². The van der Waals surface area contributed by atoms with Crippen molar-refractivity contribution in [1.29, 1.82) is 0 Å². The first-order valence-corrected chi connectivity index (χ1v) is 38.7. The maximum absolute atomic E-state index is 12.7.